The summed E-state index contributed by atoms with van der Waals surface area (Å²) in [5.74, 6) is 0.284. The molecule has 0 atom stereocenters. The Bertz CT molecular complexity index is 743. The maximum absolute atomic E-state index is 13.1. The minimum Gasteiger partial charge on any atom is -0.262 e. The third-order valence-electron chi connectivity index (χ3n) is 2.44. The zero-order valence-corrected chi connectivity index (χ0v) is 11.7. The molecule has 0 aliphatic carbocycles. The maximum atomic E-state index is 13.1. The Balaban J connectivity index is 2.32. The molecule has 0 aliphatic heterocycles. The lowest BCUT2D eigenvalue weighted by Gasteiger charge is -2.04. The van der Waals surface area contributed by atoms with Crippen LogP contribution < -0.4 is 0 Å². The largest absolute Gasteiger partial charge is 0.262 e. The number of hydrogen-bond donors (Lipinski definition) is 0. The van der Waals surface area contributed by atoms with Gasteiger partial charge in [0.2, 0.25) is 0 Å². The van der Waals surface area contributed by atoms with Crippen LogP contribution in [0.5, 0.6) is 0 Å². The maximum Gasteiger partial charge on any atom is 0.180 e. The summed E-state index contributed by atoms with van der Waals surface area (Å²) in [7, 11) is 0. The fourth-order valence-electron chi connectivity index (χ4n) is 1.66. The van der Waals surface area contributed by atoms with Crippen molar-refractivity contribution in [1.82, 2.24) is 19.6 Å². The smallest absolute Gasteiger partial charge is 0.180 e. The van der Waals surface area contributed by atoms with Gasteiger partial charge in [0.05, 0.1) is 12.4 Å². The van der Waals surface area contributed by atoms with Crippen LogP contribution in [0.3, 0.4) is 0 Å². The van der Waals surface area contributed by atoms with Crippen molar-refractivity contribution in [3.8, 4) is 11.4 Å². The summed E-state index contributed by atoms with van der Waals surface area (Å²) in [6, 6.07) is 4.48. The van der Waals surface area contributed by atoms with Crippen molar-refractivity contribution in [1.29, 1.82) is 0 Å². The first-order valence-corrected chi connectivity index (χ1v) is 6.42. The lowest BCUT2D eigenvalue weighted by atomic mass is 10.2. The number of rotatable bonds is 1. The predicted octanol–water partition coefficient (Wildman–Crippen LogP) is 3.19. The Morgan fingerprint density at radius 2 is 2.06 bits per heavy atom. The van der Waals surface area contributed by atoms with Crippen molar-refractivity contribution in [2.45, 2.75) is 0 Å². The average molecular weight is 375 g/mol. The molecule has 0 bridgehead atoms. The van der Waals surface area contributed by atoms with E-state index in [9.17, 15) is 4.39 Å². The highest BCUT2D eigenvalue weighted by atomic mass is 127. The minimum absolute atomic E-state index is 0.287. The van der Waals surface area contributed by atoms with Gasteiger partial charge >= 0.3 is 0 Å². The van der Waals surface area contributed by atoms with E-state index in [1.807, 2.05) is 0 Å². The van der Waals surface area contributed by atoms with E-state index in [4.69, 9.17) is 11.6 Å². The molecule has 0 fully saturated rings. The van der Waals surface area contributed by atoms with Gasteiger partial charge in [0.25, 0.3) is 0 Å². The summed E-state index contributed by atoms with van der Waals surface area (Å²) >= 11 is 8.13. The molecule has 1 aromatic carbocycles. The lowest BCUT2D eigenvalue weighted by Crippen LogP contribution is -1.94. The second-order valence-electron chi connectivity index (χ2n) is 3.57. The van der Waals surface area contributed by atoms with E-state index in [2.05, 4.69) is 37.8 Å². The van der Waals surface area contributed by atoms with Crippen LogP contribution in [0.25, 0.3) is 17.0 Å². The van der Waals surface area contributed by atoms with Crippen LogP contribution in [0.15, 0.2) is 30.6 Å². The standard InChI is InChI=1S/C11H5ClFIN4/c12-9-4-15-5-10-16-17-11(18(9)10)7-2-1-6(13)3-8(7)14/h1-5H. The first-order chi connectivity index (χ1) is 8.66. The first kappa shape index (κ1) is 11.8. The van der Waals surface area contributed by atoms with Gasteiger partial charge < -0.3 is 0 Å². The van der Waals surface area contributed by atoms with E-state index in [1.165, 1.54) is 18.3 Å². The number of aromatic nitrogens is 4. The Hall–Kier alpha value is -1.28. The molecule has 7 heteroatoms. The monoisotopic (exact) mass is 374 g/mol. The molecule has 2 aromatic heterocycles. The second kappa shape index (κ2) is 4.43. The van der Waals surface area contributed by atoms with Crippen LogP contribution in [-0.2, 0) is 0 Å². The molecule has 3 rings (SSSR count). The number of halogens is 3. The Labute approximate surface area is 120 Å². The SMILES string of the molecule is Fc1ccc(-c2nnc3cncc(Cl)n23)c(I)c1. The van der Waals surface area contributed by atoms with Gasteiger partial charge in [-0.25, -0.2) is 4.39 Å². The highest BCUT2D eigenvalue weighted by Gasteiger charge is 2.13. The van der Waals surface area contributed by atoms with Gasteiger partial charge in [0, 0.05) is 9.13 Å². The van der Waals surface area contributed by atoms with Crippen LogP contribution in [0, 0.1) is 9.39 Å². The van der Waals surface area contributed by atoms with E-state index in [0.29, 0.717) is 16.6 Å². The molecule has 90 valence electrons. The van der Waals surface area contributed by atoms with E-state index >= 15 is 0 Å². The van der Waals surface area contributed by atoms with Gasteiger partial charge in [0.15, 0.2) is 11.5 Å². The van der Waals surface area contributed by atoms with Gasteiger partial charge in [-0.2, -0.15) is 0 Å². The normalized spacial score (nSPS) is 11.1. The molecule has 0 radical (unpaired) electrons. The van der Waals surface area contributed by atoms with Crippen LogP contribution in [0.2, 0.25) is 5.15 Å². The summed E-state index contributed by atoms with van der Waals surface area (Å²) in [5.41, 5.74) is 1.33. The second-order valence-corrected chi connectivity index (χ2v) is 5.12. The topological polar surface area (TPSA) is 43.1 Å². The van der Waals surface area contributed by atoms with Crippen LogP contribution in [-0.4, -0.2) is 19.6 Å². The zero-order valence-electron chi connectivity index (χ0n) is 8.81. The van der Waals surface area contributed by atoms with Gasteiger partial charge in [-0.15, -0.1) is 10.2 Å². The summed E-state index contributed by atoms with van der Waals surface area (Å²) in [4.78, 5) is 3.94. The third-order valence-corrected chi connectivity index (χ3v) is 3.60. The zero-order chi connectivity index (χ0) is 12.7. The van der Waals surface area contributed by atoms with Crippen molar-refractivity contribution in [2.75, 3.05) is 0 Å². The molecule has 0 amide bonds. The third kappa shape index (κ3) is 1.85. The van der Waals surface area contributed by atoms with Crippen molar-refractivity contribution >= 4 is 39.8 Å². The quantitative estimate of drug-likeness (QED) is 0.615. The lowest BCUT2D eigenvalue weighted by molar-refractivity contribution is 0.627. The first-order valence-electron chi connectivity index (χ1n) is 4.97. The number of fused-ring (bicyclic) bond motifs is 1. The van der Waals surface area contributed by atoms with Gasteiger partial charge in [-0.3, -0.25) is 9.38 Å². The van der Waals surface area contributed by atoms with Gasteiger partial charge in [-0.1, -0.05) is 11.6 Å². The Morgan fingerprint density at radius 1 is 1.22 bits per heavy atom. The van der Waals surface area contributed by atoms with Crippen LogP contribution in [0.4, 0.5) is 4.39 Å². The fraction of sp³-hybridized carbons (Fsp3) is 0. The molecule has 0 N–H and O–H groups in total. The molecule has 4 nitrogen and oxygen atoms in total. The number of benzene rings is 1. The predicted molar refractivity (Wildman–Crippen MR) is 73.9 cm³/mol. The molecule has 0 saturated carbocycles. The van der Waals surface area contributed by atoms with E-state index in [-0.39, 0.29) is 5.82 Å². The van der Waals surface area contributed by atoms with Crippen molar-refractivity contribution < 1.29 is 4.39 Å². The van der Waals surface area contributed by atoms with E-state index < -0.39 is 0 Å². The average Bonchev–Trinajstić information content (AvgIpc) is 2.74. The molecule has 3 aromatic rings. The summed E-state index contributed by atoms with van der Waals surface area (Å²) in [6.45, 7) is 0. The minimum atomic E-state index is -0.287. The fourth-order valence-corrected chi connectivity index (χ4v) is 2.60. The molecular weight excluding hydrogens is 370 g/mol. The summed E-state index contributed by atoms with van der Waals surface area (Å²) in [6.07, 6.45) is 3.08. The van der Waals surface area contributed by atoms with Gasteiger partial charge in [0.1, 0.15) is 11.0 Å². The number of hydrogen-bond acceptors (Lipinski definition) is 3. The van der Waals surface area contributed by atoms with Crippen molar-refractivity contribution in [3.05, 3.63) is 45.1 Å². The molecule has 0 spiro atoms. The molecule has 18 heavy (non-hydrogen) atoms. The molecule has 0 aliphatic rings. The van der Waals surface area contributed by atoms with Crippen molar-refractivity contribution in [3.63, 3.8) is 0 Å². The molecule has 0 unspecified atom stereocenters. The summed E-state index contributed by atoms with van der Waals surface area (Å²) < 4.78 is 15.5. The van der Waals surface area contributed by atoms with E-state index in [0.717, 1.165) is 9.13 Å². The number of nitrogens with zero attached hydrogens (tertiary/aromatic N) is 4. The van der Waals surface area contributed by atoms with E-state index in [1.54, 1.807) is 16.7 Å². The molecule has 0 saturated heterocycles. The Kier molecular flexibility index (Phi) is 2.90. The molecular formula is C11H5ClFIN4. The molecule has 2 heterocycles. The Morgan fingerprint density at radius 3 is 2.83 bits per heavy atom. The highest BCUT2D eigenvalue weighted by Crippen LogP contribution is 2.26. The van der Waals surface area contributed by atoms with Crippen LogP contribution >= 0.6 is 34.2 Å². The van der Waals surface area contributed by atoms with Crippen LogP contribution in [0.1, 0.15) is 0 Å². The van der Waals surface area contributed by atoms with Gasteiger partial charge in [-0.05, 0) is 40.8 Å². The summed E-state index contributed by atoms with van der Waals surface area (Å²) in [5, 5.41) is 8.48. The van der Waals surface area contributed by atoms with Crippen molar-refractivity contribution in [2.24, 2.45) is 0 Å². The highest BCUT2D eigenvalue weighted by molar-refractivity contribution is 14.1.